The number of carbonyl (C=O) groups is 1. The maximum Gasteiger partial charge on any atom is 0.188 e. The van der Waals surface area contributed by atoms with Gasteiger partial charge in [-0.1, -0.05) is 0 Å². The van der Waals surface area contributed by atoms with Gasteiger partial charge in [-0.3, -0.25) is 4.79 Å². The fourth-order valence-corrected chi connectivity index (χ4v) is 2.46. The monoisotopic (exact) mass is 292 g/mol. The van der Waals surface area contributed by atoms with Crippen LogP contribution in [0.3, 0.4) is 0 Å². The molecule has 0 saturated carbocycles. The molecule has 20 heavy (non-hydrogen) atoms. The number of hydrogen-bond donors (Lipinski definition) is 0. The van der Waals surface area contributed by atoms with Crippen molar-refractivity contribution >= 4 is 23.4 Å². The van der Waals surface area contributed by atoms with Gasteiger partial charge in [0.15, 0.2) is 13.1 Å². The number of rotatable bonds is 6. The number of methoxy groups -OCH3 is 1. The quantitative estimate of drug-likeness (QED) is 0.605. The molecule has 0 bridgehead atoms. The van der Waals surface area contributed by atoms with Gasteiger partial charge in [0.2, 0.25) is 0 Å². The predicted molar refractivity (Wildman–Crippen MR) is 79.8 cm³/mol. The first-order chi connectivity index (χ1) is 9.65. The molecule has 5 nitrogen and oxygen atoms in total. The Morgan fingerprint density at radius 3 is 2.70 bits per heavy atom. The van der Waals surface area contributed by atoms with E-state index in [1.807, 2.05) is 37.2 Å². The Balaban J connectivity index is 2.44. The van der Waals surface area contributed by atoms with E-state index in [0.29, 0.717) is 16.3 Å². The van der Waals surface area contributed by atoms with Crippen LogP contribution in [0.5, 0.6) is 5.75 Å². The Morgan fingerprint density at radius 2 is 2.10 bits per heavy atom. The van der Waals surface area contributed by atoms with E-state index in [0.717, 1.165) is 17.0 Å². The topological polar surface area (TPSA) is 51.7 Å². The van der Waals surface area contributed by atoms with Gasteiger partial charge in [-0.2, -0.15) is 0 Å². The highest BCUT2D eigenvalue weighted by molar-refractivity contribution is 7.17. The summed E-state index contributed by atoms with van der Waals surface area (Å²) in [6.45, 7) is 0.155. The Morgan fingerprint density at radius 1 is 1.30 bits per heavy atom. The van der Waals surface area contributed by atoms with E-state index >= 15 is 0 Å². The van der Waals surface area contributed by atoms with Crippen molar-refractivity contribution in [1.29, 1.82) is 0 Å². The summed E-state index contributed by atoms with van der Waals surface area (Å²) in [4.78, 5) is 18.9. The molecular formula is C14H16N2O3S. The fraction of sp³-hybridized carbons (Fsp3) is 0.286. The molecule has 0 unspecified atom stereocenters. The van der Waals surface area contributed by atoms with E-state index < -0.39 is 0 Å². The van der Waals surface area contributed by atoms with Crippen molar-refractivity contribution < 1.29 is 14.3 Å². The first-order valence-electron chi connectivity index (χ1n) is 6.01. The van der Waals surface area contributed by atoms with Gasteiger partial charge in [0, 0.05) is 21.2 Å². The highest BCUT2D eigenvalue weighted by Gasteiger charge is 2.13. The van der Waals surface area contributed by atoms with Crippen LogP contribution in [0, 0.1) is 0 Å². The van der Waals surface area contributed by atoms with Crippen LogP contribution < -0.4 is 9.64 Å². The summed E-state index contributed by atoms with van der Waals surface area (Å²) in [6.07, 6.45) is 0.833. The number of aldehydes is 1. The summed E-state index contributed by atoms with van der Waals surface area (Å²) < 4.78 is 10.5. The number of anilines is 1. The lowest BCUT2D eigenvalue weighted by Crippen LogP contribution is -2.11. The molecule has 6 heteroatoms. The van der Waals surface area contributed by atoms with Crippen LogP contribution in [0.25, 0.3) is 10.6 Å². The van der Waals surface area contributed by atoms with Crippen LogP contribution in [-0.4, -0.2) is 39.3 Å². The van der Waals surface area contributed by atoms with Gasteiger partial charge in [-0.05, 0) is 24.3 Å². The highest BCUT2D eigenvalue weighted by atomic mass is 32.1. The summed E-state index contributed by atoms with van der Waals surface area (Å²) in [6, 6.07) is 7.38. The third kappa shape index (κ3) is 3.15. The van der Waals surface area contributed by atoms with Crippen LogP contribution in [0.2, 0.25) is 0 Å². The molecular weight excluding hydrogens is 276 g/mol. The van der Waals surface area contributed by atoms with E-state index in [1.54, 1.807) is 13.2 Å². The molecule has 2 aromatic rings. The normalized spacial score (nSPS) is 10.3. The zero-order valence-electron chi connectivity index (χ0n) is 11.6. The Hall–Kier alpha value is -1.92. The van der Waals surface area contributed by atoms with E-state index in [-0.39, 0.29) is 6.79 Å². The van der Waals surface area contributed by atoms with Crippen LogP contribution in [-0.2, 0) is 4.74 Å². The molecule has 0 atom stereocenters. The minimum atomic E-state index is 0.155. The second-order valence-corrected chi connectivity index (χ2v) is 5.40. The largest absolute Gasteiger partial charge is 0.465 e. The number of carbonyl (C=O) groups excluding carboxylic acids is 1. The molecule has 0 aliphatic carbocycles. The Kier molecular flexibility index (Phi) is 4.70. The second kappa shape index (κ2) is 6.49. The van der Waals surface area contributed by atoms with Crippen molar-refractivity contribution in [1.82, 2.24) is 4.98 Å². The average Bonchev–Trinajstić information content (AvgIpc) is 2.93. The predicted octanol–water partition coefficient (Wildman–Crippen LogP) is 2.67. The summed E-state index contributed by atoms with van der Waals surface area (Å²) in [5.74, 6) is 1.46. The molecule has 0 N–H and O–H groups in total. The van der Waals surface area contributed by atoms with Gasteiger partial charge in [0.1, 0.15) is 17.3 Å². The van der Waals surface area contributed by atoms with Crippen LogP contribution in [0.15, 0.2) is 24.3 Å². The van der Waals surface area contributed by atoms with E-state index in [1.165, 1.54) is 11.3 Å². The summed E-state index contributed by atoms with van der Waals surface area (Å²) >= 11 is 1.38. The summed E-state index contributed by atoms with van der Waals surface area (Å²) in [5, 5.41) is 0. The van der Waals surface area contributed by atoms with Crippen molar-refractivity contribution in [3.05, 3.63) is 29.1 Å². The zero-order valence-corrected chi connectivity index (χ0v) is 12.4. The molecule has 106 valence electrons. The maximum atomic E-state index is 10.8. The maximum absolute atomic E-state index is 10.8. The Labute approximate surface area is 121 Å². The van der Waals surface area contributed by atoms with E-state index in [2.05, 4.69) is 4.98 Å². The van der Waals surface area contributed by atoms with Gasteiger partial charge in [-0.25, -0.2) is 4.98 Å². The molecule has 0 spiro atoms. The van der Waals surface area contributed by atoms with Crippen molar-refractivity contribution in [3.63, 3.8) is 0 Å². The van der Waals surface area contributed by atoms with Gasteiger partial charge in [0.25, 0.3) is 0 Å². The van der Waals surface area contributed by atoms with Crippen LogP contribution >= 0.6 is 11.3 Å². The number of aromatic nitrogens is 1. The van der Waals surface area contributed by atoms with Crippen molar-refractivity contribution in [3.8, 4) is 16.3 Å². The molecule has 0 radical (unpaired) electrons. The summed E-state index contributed by atoms with van der Waals surface area (Å²) in [5.41, 5.74) is 0.714. The molecule has 2 heterocycles. The number of pyridine rings is 1. The lowest BCUT2D eigenvalue weighted by molar-refractivity contribution is 0.0513. The minimum Gasteiger partial charge on any atom is -0.465 e. The van der Waals surface area contributed by atoms with Gasteiger partial charge < -0.3 is 14.4 Å². The van der Waals surface area contributed by atoms with Gasteiger partial charge in [-0.15, -0.1) is 11.3 Å². The van der Waals surface area contributed by atoms with Crippen LogP contribution in [0.4, 0.5) is 5.82 Å². The fourth-order valence-electron chi connectivity index (χ4n) is 1.64. The second-order valence-electron chi connectivity index (χ2n) is 4.28. The first-order valence-corrected chi connectivity index (χ1v) is 6.83. The molecule has 0 aliphatic rings. The lowest BCUT2D eigenvalue weighted by atomic mass is 10.2. The number of thiophene rings is 1. The molecule has 2 aromatic heterocycles. The van der Waals surface area contributed by atoms with E-state index in [9.17, 15) is 4.79 Å². The van der Waals surface area contributed by atoms with E-state index in [4.69, 9.17) is 9.47 Å². The van der Waals surface area contributed by atoms with Crippen molar-refractivity contribution in [2.75, 3.05) is 32.9 Å². The number of ether oxygens (including phenoxy) is 2. The van der Waals surface area contributed by atoms with Crippen LogP contribution in [0.1, 0.15) is 9.67 Å². The molecule has 0 aliphatic heterocycles. The molecule has 0 saturated heterocycles. The molecule has 2 rings (SSSR count). The first kappa shape index (κ1) is 14.5. The third-order valence-electron chi connectivity index (χ3n) is 2.61. The lowest BCUT2D eigenvalue weighted by Gasteiger charge is -2.15. The Bertz CT molecular complexity index is 596. The minimum absolute atomic E-state index is 0.155. The summed E-state index contributed by atoms with van der Waals surface area (Å²) in [7, 11) is 5.41. The zero-order chi connectivity index (χ0) is 14.5. The van der Waals surface area contributed by atoms with Crippen molar-refractivity contribution in [2.45, 2.75) is 0 Å². The van der Waals surface area contributed by atoms with Gasteiger partial charge in [0.05, 0.1) is 9.75 Å². The SMILES string of the molecule is COCOc1ccc(N(C)C)nc1-c1ccc(C=O)s1. The third-order valence-corrected chi connectivity index (χ3v) is 3.63. The highest BCUT2D eigenvalue weighted by Crippen LogP contribution is 2.34. The van der Waals surface area contributed by atoms with Gasteiger partial charge >= 0.3 is 0 Å². The molecule has 0 aromatic carbocycles. The average molecular weight is 292 g/mol. The molecule has 0 amide bonds. The number of nitrogens with zero attached hydrogens (tertiary/aromatic N) is 2. The molecule has 0 fully saturated rings. The number of hydrogen-bond acceptors (Lipinski definition) is 6. The standard InChI is InChI=1S/C14H16N2O3S/c1-16(2)13-7-5-11(19-9-18-3)14(15-13)12-6-4-10(8-17)20-12/h4-8H,9H2,1-3H3. The smallest absolute Gasteiger partial charge is 0.188 e. The van der Waals surface area contributed by atoms with Crippen molar-refractivity contribution in [2.24, 2.45) is 0 Å².